The number of aryl methyl sites for hydroxylation is 1. The lowest BCUT2D eigenvalue weighted by Crippen LogP contribution is -2.18. The summed E-state index contributed by atoms with van der Waals surface area (Å²) in [5.74, 6) is 1.21. The molecular weight excluding hydrogens is 358 g/mol. The van der Waals surface area contributed by atoms with Gasteiger partial charge in [0.05, 0.1) is 12.2 Å². The summed E-state index contributed by atoms with van der Waals surface area (Å²) in [6, 6.07) is 8.22. The van der Waals surface area contributed by atoms with Crippen LogP contribution in [0.3, 0.4) is 0 Å². The fourth-order valence-corrected chi connectivity index (χ4v) is 5.14. The van der Waals surface area contributed by atoms with Gasteiger partial charge in [0.15, 0.2) is 0 Å². The number of benzene rings is 1. The van der Waals surface area contributed by atoms with Crippen molar-refractivity contribution in [1.29, 1.82) is 0 Å². The molecule has 0 bridgehead atoms. The highest BCUT2D eigenvalue weighted by atomic mass is 16.3. The van der Waals surface area contributed by atoms with Crippen LogP contribution in [-0.2, 0) is 6.42 Å². The molecule has 2 aliphatic carbocycles. The van der Waals surface area contributed by atoms with Gasteiger partial charge < -0.3 is 15.1 Å². The fraction of sp³-hybridized carbons (Fsp3) is 0.615. The Kier molecular flexibility index (Phi) is 8.11. The van der Waals surface area contributed by atoms with Crippen LogP contribution in [-0.4, -0.2) is 48.0 Å². The second-order valence-electron chi connectivity index (χ2n) is 9.43. The summed E-state index contributed by atoms with van der Waals surface area (Å²) in [5, 5.41) is 21.0. The fourth-order valence-electron chi connectivity index (χ4n) is 5.14. The molecule has 3 heteroatoms. The first kappa shape index (κ1) is 22.3. The van der Waals surface area contributed by atoms with Crippen molar-refractivity contribution in [3.05, 3.63) is 59.2 Å². The molecule has 1 fully saturated rings. The molecular formula is C26H39NO2. The normalized spacial score (nSPS) is 27.6. The van der Waals surface area contributed by atoms with Gasteiger partial charge in [-0.15, -0.1) is 0 Å². The van der Waals surface area contributed by atoms with Crippen molar-refractivity contribution in [2.24, 2.45) is 17.8 Å². The van der Waals surface area contributed by atoms with Gasteiger partial charge in [0.2, 0.25) is 0 Å². The van der Waals surface area contributed by atoms with Gasteiger partial charge in [-0.2, -0.15) is 0 Å². The van der Waals surface area contributed by atoms with Gasteiger partial charge in [0, 0.05) is 12.3 Å². The molecule has 1 aromatic rings. The molecule has 2 N–H and O–H groups in total. The minimum atomic E-state index is -0.493. The molecule has 29 heavy (non-hydrogen) atoms. The van der Waals surface area contributed by atoms with Crippen LogP contribution in [0.25, 0.3) is 0 Å². The molecule has 0 unspecified atom stereocenters. The van der Waals surface area contributed by atoms with Crippen molar-refractivity contribution in [3.8, 4) is 0 Å². The Morgan fingerprint density at radius 2 is 1.97 bits per heavy atom. The zero-order valence-electron chi connectivity index (χ0n) is 18.4. The summed E-state index contributed by atoms with van der Waals surface area (Å²) in [6.07, 6.45) is 13.4. The number of fused-ring (bicyclic) bond motifs is 1. The number of allylic oxidation sites excluding steroid dienone is 2. The number of rotatable bonds is 10. The second-order valence-corrected chi connectivity index (χ2v) is 9.43. The van der Waals surface area contributed by atoms with Crippen LogP contribution >= 0.6 is 0 Å². The standard InChI is InChI=1S/C26H39NO2/c1-19-9-6-7-11-21(19)17-23(28)12-13-24-25-16-20(15-22(25)18-26(24)29)10-5-4-8-14-27(2)3/h6-7,9,11-13,15,22-26,28-29H,4-5,8,10,14,16-18H2,1-3H3/b13-12+/t22-,23+,24+,25-,26+/m0/s1. The molecule has 0 amide bonds. The Labute approximate surface area is 177 Å². The van der Waals surface area contributed by atoms with E-state index in [9.17, 15) is 10.2 Å². The van der Waals surface area contributed by atoms with Gasteiger partial charge in [-0.25, -0.2) is 0 Å². The third-order valence-electron chi connectivity index (χ3n) is 6.80. The van der Waals surface area contributed by atoms with Crippen molar-refractivity contribution < 1.29 is 10.2 Å². The molecule has 1 aromatic carbocycles. The van der Waals surface area contributed by atoms with E-state index >= 15 is 0 Å². The van der Waals surface area contributed by atoms with Crippen molar-refractivity contribution in [3.63, 3.8) is 0 Å². The lowest BCUT2D eigenvalue weighted by molar-refractivity contribution is 0.140. The Morgan fingerprint density at radius 1 is 1.17 bits per heavy atom. The Morgan fingerprint density at radius 3 is 2.72 bits per heavy atom. The average Bonchev–Trinajstić information content (AvgIpc) is 3.18. The van der Waals surface area contributed by atoms with Gasteiger partial charge in [-0.1, -0.05) is 54.5 Å². The molecule has 0 heterocycles. The summed E-state index contributed by atoms with van der Waals surface area (Å²) in [4.78, 5) is 2.26. The molecule has 0 saturated heterocycles. The summed E-state index contributed by atoms with van der Waals surface area (Å²) >= 11 is 0. The minimum absolute atomic E-state index is 0.175. The summed E-state index contributed by atoms with van der Waals surface area (Å²) in [5.41, 5.74) is 4.00. The molecule has 0 aliphatic heterocycles. The Bertz CT molecular complexity index is 708. The molecule has 2 aliphatic rings. The second kappa shape index (κ2) is 10.6. The van der Waals surface area contributed by atoms with E-state index in [4.69, 9.17) is 0 Å². The number of aliphatic hydroxyl groups is 2. The van der Waals surface area contributed by atoms with Crippen molar-refractivity contribution in [2.75, 3.05) is 20.6 Å². The summed E-state index contributed by atoms with van der Waals surface area (Å²) < 4.78 is 0. The van der Waals surface area contributed by atoms with Gasteiger partial charge in [0.1, 0.15) is 0 Å². The number of hydrogen-bond acceptors (Lipinski definition) is 3. The maximum absolute atomic E-state index is 10.6. The molecule has 5 atom stereocenters. The summed E-state index contributed by atoms with van der Waals surface area (Å²) in [6.45, 7) is 3.26. The largest absolute Gasteiger partial charge is 0.392 e. The van der Waals surface area contributed by atoms with Gasteiger partial charge in [-0.05, 0) is 82.6 Å². The van der Waals surface area contributed by atoms with E-state index < -0.39 is 6.10 Å². The monoisotopic (exact) mass is 397 g/mol. The Balaban J connectivity index is 1.48. The van der Waals surface area contributed by atoms with Gasteiger partial charge in [0.25, 0.3) is 0 Å². The average molecular weight is 398 g/mol. The SMILES string of the molecule is Cc1ccccc1C[C@H](O)/C=C/[C@@H]1[C@H]2CC(CCCCCN(C)C)=C[C@H]2C[C@H]1O. The van der Waals surface area contributed by atoms with Crippen molar-refractivity contribution in [2.45, 2.75) is 64.1 Å². The van der Waals surface area contributed by atoms with Crippen molar-refractivity contribution >= 4 is 0 Å². The first-order valence-corrected chi connectivity index (χ1v) is 11.4. The molecule has 3 rings (SSSR count). The predicted octanol–water partition coefficient (Wildman–Crippen LogP) is 4.52. The minimum Gasteiger partial charge on any atom is -0.392 e. The number of aliphatic hydroxyl groups excluding tert-OH is 2. The van der Waals surface area contributed by atoms with Crippen LogP contribution < -0.4 is 0 Å². The molecule has 1 saturated carbocycles. The quantitative estimate of drug-likeness (QED) is 0.451. The highest BCUT2D eigenvalue weighted by Crippen LogP contribution is 2.48. The zero-order valence-corrected chi connectivity index (χ0v) is 18.4. The molecule has 3 nitrogen and oxygen atoms in total. The van der Waals surface area contributed by atoms with E-state index in [1.165, 1.54) is 43.4 Å². The lowest BCUT2D eigenvalue weighted by Gasteiger charge is -2.19. The highest BCUT2D eigenvalue weighted by molar-refractivity contribution is 5.27. The van der Waals surface area contributed by atoms with Crippen LogP contribution in [0.15, 0.2) is 48.1 Å². The highest BCUT2D eigenvalue weighted by Gasteiger charge is 2.43. The molecule has 0 aromatic heterocycles. The van der Waals surface area contributed by atoms with Crippen molar-refractivity contribution in [1.82, 2.24) is 4.90 Å². The first-order valence-electron chi connectivity index (χ1n) is 11.4. The molecule has 0 radical (unpaired) electrons. The molecule has 160 valence electrons. The van der Waals surface area contributed by atoms with E-state index in [1.54, 1.807) is 5.57 Å². The topological polar surface area (TPSA) is 43.7 Å². The zero-order chi connectivity index (χ0) is 20.8. The van der Waals surface area contributed by atoms with Crippen LogP contribution in [0.1, 0.15) is 49.7 Å². The smallest absolute Gasteiger partial charge is 0.0761 e. The van der Waals surface area contributed by atoms with E-state index in [0.717, 1.165) is 12.8 Å². The number of hydrogen-bond donors (Lipinski definition) is 2. The maximum atomic E-state index is 10.6. The van der Waals surface area contributed by atoms with Crippen LogP contribution in [0.5, 0.6) is 0 Å². The summed E-state index contributed by atoms with van der Waals surface area (Å²) in [7, 11) is 4.27. The first-order chi connectivity index (χ1) is 13.9. The number of unbranched alkanes of at least 4 members (excludes halogenated alkanes) is 2. The molecule has 0 spiro atoms. The van der Waals surface area contributed by atoms with E-state index in [2.05, 4.69) is 50.2 Å². The van der Waals surface area contributed by atoms with Crippen LogP contribution in [0.4, 0.5) is 0 Å². The van der Waals surface area contributed by atoms with Crippen LogP contribution in [0, 0.1) is 24.7 Å². The van der Waals surface area contributed by atoms with Gasteiger partial charge >= 0.3 is 0 Å². The third kappa shape index (κ3) is 6.28. The van der Waals surface area contributed by atoms with E-state index in [-0.39, 0.29) is 12.0 Å². The maximum Gasteiger partial charge on any atom is 0.0761 e. The van der Waals surface area contributed by atoms with E-state index in [1.807, 2.05) is 18.2 Å². The van der Waals surface area contributed by atoms with Crippen LogP contribution in [0.2, 0.25) is 0 Å². The predicted molar refractivity (Wildman–Crippen MR) is 121 cm³/mol. The van der Waals surface area contributed by atoms with E-state index in [0.29, 0.717) is 18.3 Å². The lowest BCUT2D eigenvalue weighted by atomic mass is 9.88. The Hall–Kier alpha value is -1.42. The van der Waals surface area contributed by atoms with Gasteiger partial charge in [-0.3, -0.25) is 0 Å². The third-order valence-corrected chi connectivity index (χ3v) is 6.80. The number of nitrogens with zero attached hydrogens (tertiary/aromatic N) is 1.